The van der Waals surface area contributed by atoms with Crippen LogP contribution in [0.25, 0.3) is 10.8 Å². The molecule has 0 bridgehead atoms. The van der Waals surface area contributed by atoms with Gasteiger partial charge in [0.25, 0.3) is 5.91 Å². The van der Waals surface area contributed by atoms with E-state index in [9.17, 15) is 19.5 Å². The third-order valence-electron chi connectivity index (χ3n) is 7.15. The second-order valence-electron chi connectivity index (χ2n) is 12.2. The van der Waals surface area contributed by atoms with Crippen LogP contribution in [0.3, 0.4) is 0 Å². The van der Waals surface area contributed by atoms with E-state index in [2.05, 4.69) is 10.6 Å². The van der Waals surface area contributed by atoms with Crippen LogP contribution >= 0.6 is 0 Å². The maximum absolute atomic E-state index is 14.4. The van der Waals surface area contributed by atoms with E-state index in [1.54, 1.807) is 37.8 Å². The summed E-state index contributed by atoms with van der Waals surface area (Å²) in [4.78, 5) is 42.9. The second-order valence-corrected chi connectivity index (χ2v) is 12.2. The third-order valence-corrected chi connectivity index (χ3v) is 7.15. The van der Waals surface area contributed by atoms with Crippen molar-refractivity contribution in [3.05, 3.63) is 72.3 Å². The molecule has 0 radical (unpaired) electrons. The van der Waals surface area contributed by atoms with E-state index in [-0.39, 0.29) is 23.6 Å². The largest absolute Gasteiger partial charge is 0.508 e. The average molecular weight is 560 g/mol. The van der Waals surface area contributed by atoms with Crippen molar-refractivity contribution >= 4 is 34.4 Å². The van der Waals surface area contributed by atoms with Gasteiger partial charge in [-0.15, -0.1) is 0 Å². The summed E-state index contributed by atoms with van der Waals surface area (Å²) in [6.07, 6.45) is 2.11. The number of carbonyl (C=O) groups is 3. The van der Waals surface area contributed by atoms with Gasteiger partial charge in [-0.05, 0) is 93.0 Å². The molecule has 3 aromatic carbocycles. The van der Waals surface area contributed by atoms with Gasteiger partial charge in [0.2, 0.25) is 5.91 Å². The fourth-order valence-corrected chi connectivity index (χ4v) is 5.12. The van der Waals surface area contributed by atoms with Crippen molar-refractivity contribution in [1.29, 1.82) is 0 Å². The molecule has 3 aromatic rings. The quantitative estimate of drug-likeness (QED) is 0.276. The molecule has 3 amide bonds. The second kappa shape index (κ2) is 12.6. The molecule has 0 heterocycles. The normalized spacial score (nSPS) is 15.1. The number of rotatable bonds is 9. The van der Waals surface area contributed by atoms with E-state index >= 15 is 0 Å². The predicted molar refractivity (Wildman–Crippen MR) is 161 cm³/mol. The van der Waals surface area contributed by atoms with Gasteiger partial charge in [0.05, 0.1) is 0 Å². The van der Waals surface area contributed by atoms with Gasteiger partial charge in [0.1, 0.15) is 23.4 Å². The summed E-state index contributed by atoms with van der Waals surface area (Å²) in [5.41, 5.74) is 0.363. The number of phenols is 1. The molecule has 218 valence electrons. The lowest BCUT2D eigenvalue weighted by Gasteiger charge is -2.43. The van der Waals surface area contributed by atoms with E-state index in [0.29, 0.717) is 17.7 Å². The highest BCUT2D eigenvalue weighted by Gasteiger charge is 2.42. The first-order valence-corrected chi connectivity index (χ1v) is 14.3. The topological polar surface area (TPSA) is 108 Å². The molecule has 8 nitrogen and oxygen atoms in total. The summed E-state index contributed by atoms with van der Waals surface area (Å²) < 4.78 is 5.47. The third kappa shape index (κ3) is 7.78. The first-order valence-electron chi connectivity index (χ1n) is 14.3. The number of hydrogen-bond donors (Lipinski definition) is 3. The molecule has 2 unspecified atom stereocenters. The monoisotopic (exact) mass is 559 g/mol. The van der Waals surface area contributed by atoms with Gasteiger partial charge in [-0.3, -0.25) is 9.59 Å². The Kier molecular flexibility index (Phi) is 9.21. The number of anilines is 1. The molecule has 0 spiro atoms. The number of amides is 3. The molecule has 1 aliphatic carbocycles. The Hall–Kier alpha value is -4.07. The van der Waals surface area contributed by atoms with Crippen LogP contribution in [0, 0.1) is 5.92 Å². The molecular formula is C33H41N3O5. The van der Waals surface area contributed by atoms with Gasteiger partial charge in [0.15, 0.2) is 0 Å². The first-order chi connectivity index (χ1) is 19.4. The summed E-state index contributed by atoms with van der Waals surface area (Å²) in [6, 6.07) is 17.9. The standard InChI is InChI=1S/C33H41N3O5/c1-21(2)18-28(35-32(40)41-33(3,4)5)31(39)36(26-13-9-14-26)29(24-12-8-15-27(37)20-24)30(38)34-25-17-16-22-10-6-7-11-23(22)19-25/h6-8,10-12,15-17,19-21,26,28-29,37H,9,13-14,18H2,1-5H3,(H,34,38)(H,35,40). The first kappa shape index (κ1) is 29.9. The molecule has 8 heteroatoms. The number of hydrogen-bond acceptors (Lipinski definition) is 5. The van der Waals surface area contributed by atoms with Crippen LogP contribution in [-0.2, 0) is 14.3 Å². The number of alkyl carbamates (subject to hydrolysis) is 1. The molecule has 1 aliphatic rings. The number of aromatic hydroxyl groups is 1. The molecule has 1 saturated carbocycles. The molecule has 4 rings (SSSR count). The van der Waals surface area contributed by atoms with E-state index < -0.39 is 29.7 Å². The highest BCUT2D eigenvalue weighted by atomic mass is 16.6. The number of nitrogens with one attached hydrogen (secondary N) is 2. The predicted octanol–water partition coefficient (Wildman–Crippen LogP) is 6.55. The van der Waals surface area contributed by atoms with Gasteiger partial charge < -0.3 is 25.4 Å². The summed E-state index contributed by atoms with van der Waals surface area (Å²) in [6.45, 7) is 9.25. The molecule has 3 N–H and O–H groups in total. The fraction of sp³-hybridized carbons (Fsp3) is 0.424. The molecular weight excluding hydrogens is 518 g/mol. The van der Waals surface area contributed by atoms with Crippen molar-refractivity contribution in [2.45, 2.75) is 84.0 Å². The van der Waals surface area contributed by atoms with Crippen LogP contribution in [0.1, 0.15) is 71.9 Å². The zero-order chi connectivity index (χ0) is 29.7. The highest BCUT2D eigenvalue weighted by molar-refractivity contribution is 6.00. The molecule has 41 heavy (non-hydrogen) atoms. The van der Waals surface area contributed by atoms with E-state index in [0.717, 1.165) is 30.0 Å². The van der Waals surface area contributed by atoms with Crippen molar-refractivity contribution in [3.8, 4) is 5.75 Å². The minimum Gasteiger partial charge on any atom is -0.508 e. The van der Waals surface area contributed by atoms with Crippen LogP contribution < -0.4 is 10.6 Å². The van der Waals surface area contributed by atoms with Gasteiger partial charge >= 0.3 is 6.09 Å². The molecule has 2 atom stereocenters. The average Bonchev–Trinajstić information content (AvgIpc) is 2.85. The lowest BCUT2D eigenvalue weighted by atomic mass is 9.87. The van der Waals surface area contributed by atoms with Gasteiger partial charge in [-0.25, -0.2) is 4.79 Å². The highest BCUT2D eigenvalue weighted by Crippen LogP contribution is 2.36. The minimum absolute atomic E-state index is 0.00220. The summed E-state index contributed by atoms with van der Waals surface area (Å²) in [5, 5.41) is 18.1. The smallest absolute Gasteiger partial charge is 0.408 e. The van der Waals surface area contributed by atoms with Crippen LogP contribution in [0.5, 0.6) is 5.75 Å². The van der Waals surface area contributed by atoms with Gasteiger partial charge in [0, 0.05) is 11.7 Å². The number of ether oxygens (including phenoxy) is 1. The lowest BCUT2D eigenvalue weighted by Crippen LogP contribution is -2.57. The van der Waals surface area contributed by atoms with Crippen molar-refractivity contribution in [2.75, 3.05) is 5.32 Å². The van der Waals surface area contributed by atoms with Crippen LogP contribution in [0.4, 0.5) is 10.5 Å². The Bertz CT molecular complexity index is 1390. The van der Waals surface area contributed by atoms with Crippen LogP contribution in [0.15, 0.2) is 66.7 Å². The number of carbonyl (C=O) groups excluding carboxylic acids is 3. The maximum atomic E-state index is 14.4. The van der Waals surface area contributed by atoms with E-state index in [1.807, 2.05) is 56.3 Å². The van der Waals surface area contributed by atoms with E-state index in [1.165, 1.54) is 12.1 Å². The summed E-state index contributed by atoms with van der Waals surface area (Å²) in [7, 11) is 0. The summed E-state index contributed by atoms with van der Waals surface area (Å²) in [5.74, 6) is -0.659. The molecule has 0 saturated heterocycles. The number of fused-ring (bicyclic) bond motifs is 1. The maximum Gasteiger partial charge on any atom is 0.408 e. The van der Waals surface area contributed by atoms with Crippen molar-refractivity contribution < 1.29 is 24.2 Å². The van der Waals surface area contributed by atoms with Crippen LogP contribution in [-0.4, -0.2) is 45.6 Å². The zero-order valence-corrected chi connectivity index (χ0v) is 24.5. The van der Waals surface area contributed by atoms with Crippen molar-refractivity contribution in [2.24, 2.45) is 5.92 Å². The number of benzene rings is 3. The van der Waals surface area contributed by atoms with Crippen molar-refractivity contribution in [1.82, 2.24) is 10.2 Å². The lowest BCUT2D eigenvalue weighted by molar-refractivity contribution is -0.146. The number of nitrogens with zero attached hydrogens (tertiary/aromatic N) is 1. The minimum atomic E-state index is -1.03. The molecule has 1 fully saturated rings. The Morgan fingerprint density at radius 1 is 0.976 bits per heavy atom. The Morgan fingerprint density at radius 3 is 2.29 bits per heavy atom. The summed E-state index contributed by atoms with van der Waals surface area (Å²) >= 11 is 0. The molecule has 0 aromatic heterocycles. The van der Waals surface area contributed by atoms with E-state index in [4.69, 9.17) is 4.74 Å². The van der Waals surface area contributed by atoms with Crippen molar-refractivity contribution in [3.63, 3.8) is 0 Å². The molecule has 0 aliphatic heterocycles. The Labute approximate surface area is 242 Å². The SMILES string of the molecule is CC(C)CC(NC(=O)OC(C)(C)C)C(=O)N(C1CCC1)C(C(=O)Nc1ccc2ccccc2c1)c1cccc(O)c1. The van der Waals surface area contributed by atoms with Gasteiger partial charge in [-0.1, -0.05) is 56.3 Å². The fourth-order valence-electron chi connectivity index (χ4n) is 5.12. The Balaban J connectivity index is 1.71. The zero-order valence-electron chi connectivity index (χ0n) is 24.5. The van der Waals surface area contributed by atoms with Gasteiger partial charge in [-0.2, -0.15) is 0 Å². The van der Waals surface area contributed by atoms with Crippen LogP contribution in [0.2, 0.25) is 0 Å². The Morgan fingerprint density at radius 2 is 1.68 bits per heavy atom. The number of phenolic OH excluding ortho intramolecular Hbond substituents is 1.